The average molecular weight is 397 g/mol. The quantitative estimate of drug-likeness (QED) is 0.391. The average Bonchev–Trinajstić information content (AvgIpc) is 2.70. The van der Waals surface area contributed by atoms with Crippen LogP contribution in [0.25, 0.3) is 11.0 Å². The Labute approximate surface area is 167 Å². The fraction of sp³-hybridized carbons (Fsp3) is 0.300. The molecular weight excluding hydrogens is 374 g/mol. The van der Waals surface area contributed by atoms with E-state index in [1.807, 2.05) is 19.9 Å². The highest BCUT2D eigenvalue weighted by Gasteiger charge is 2.15. The summed E-state index contributed by atoms with van der Waals surface area (Å²) in [7, 11) is 1.49. The maximum Gasteiger partial charge on any atom is 0.349 e. The fourth-order valence-electron chi connectivity index (χ4n) is 2.80. The van der Waals surface area contributed by atoms with E-state index in [0.29, 0.717) is 29.2 Å². The summed E-state index contributed by atoms with van der Waals surface area (Å²) in [5, 5.41) is 9.49. The molecule has 152 valence electrons. The Morgan fingerprint density at radius 1 is 1.17 bits per heavy atom. The van der Waals surface area contributed by atoms with Crippen molar-refractivity contribution < 1.29 is 13.9 Å². The number of hydrogen-bond donors (Lipinski definition) is 3. The zero-order valence-electron chi connectivity index (χ0n) is 16.5. The first-order chi connectivity index (χ1) is 14.0. The van der Waals surface area contributed by atoms with E-state index in [2.05, 4.69) is 25.9 Å². The molecule has 0 aliphatic carbocycles. The molecular formula is C20H23N5O4. The van der Waals surface area contributed by atoms with Crippen LogP contribution in [-0.2, 0) is 0 Å². The molecule has 3 N–H and O–H groups in total. The molecule has 0 fully saturated rings. The first-order valence-electron chi connectivity index (χ1n) is 9.24. The van der Waals surface area contributed by atoms with Gasteiger partial charge in [0.2, 0.25) is 5.95 Å². The molecule has 3 rings (SSSR count). The second-order valence-electron chi connectivity index (χ2n) is 6.26. The van der Waals surface area contributed by atoms with Gasteiger partial charge in [-0.1, -0.05) is 12.1 Å². The SMILES string of the molecule is CCNc1cc(C)nc(NCCNC(=O)c2cc3cccc(OC)c3oc2=O)n1. The number of amides is 1. The predicted molar refractivity (Wildman–Crippen MR) is 111 cm³/mol. The number of fused-ring (bicyclic) bond motifs is 1. The Bertz CT molecular complexity index is 1080. The molecule has 1 amide bonds. The predicted octanol–water partition coefficient (Wildman–Crippen LogP) is 2.17. The fourth-order valence-corrected chi connectivity index (χ4v) is 2.80. The Morgan fingerprint density at radius 2 is 2.00 bits per heavy atom. The summed E-state index contributed by atoms with van der Waals surface area (Å²) < 4.78 is 10.5. The van der Waals surface area contributed by atoms with Crippen molar-refractivity contribution in [2.45, 2.75) is 13.8 Å². The van der Waals surface area contributed by atoms with Crippen LogP contribution < -0.4 is 26.3 Å². The molecule has 0 saturated carbocycles. The van der Waals surface area contributed by atoms with E-state index < -0.39 is 11.5 Å². The summed E-state index contributed by atoms with van der Waals surface area (Å²) in [5.41, 5.74) is 0.356. The largest absolute Gasteiger partial charge is 0.493 e. The molecule has 0 aliphatic heterocycles. The van der Waals surface area contributed by atoms with Gasteiger partial charge in [-0.3, -0.25) is 4.79 Å². The standard InChI is InChI=1S/C20H23N5O4/c1-4-21-16-10-12(2)24-20(25-16)23-9-8-22-18(26)14-11-13-6-5-7-15(28-3)17(13)29-19(14)27/h5-7,10-11H,4,8-9H2,1-3H3,(H,22,26)(H2,21,23,24,25). The van der Waals surface area contributed by atoms with E-state index in [9.17, 15) is 9.59 Å². The maximum atomic E-state index is 12.4. The van der Waals surface area contributed by atoms with Gasteiger partial charge in [0.15, 0.2) is 11.3 Å². The van der Waals surface area contributed by atoms with Gasteiger partial charge in [-0.25, -0.2) is 9.78 Å². The van der Waals surface area contributed by atoms with Crippen molar-refractivity contribution in [3.8, 4) is 5.75 Å². The zero-order chi connectivity index (χ0) is 20.8. The molecule has 3 aromatic rings. The van der Waals surface area contributed by atoms with Gasteiger partial charge in [0.1, 0.15) is 11.4 Å². The van der Waals surface area contributed by atoms with Crippen LogP contribution in [0.1, 0.15) is 23.0 Å². The molecule has 9 nitrogen and oxygen atoms in total. The minimum absolute atomic E-state index is 0.0630. The van der Waals surface area contributed by atoms with Crippen molar-refractivity contribution in [1.29, 1.82) is 0 Å². The number of rotatable bonds is 8. The number of nitrogens with one attached hydrogen (secondary N) is 3. The molecule has 0 bridgehead atoms. The van der Waals surface area contributed by atoms with Gasteiger partial charge in [0.25, 0.3) is 5.91 Å². The van der Waals surface area contributed by atoms with Crippen molar-refractivity contribution in [3.05, 3.63) is 52.0 Å². The van der Waals surface area contributed by atoms with Crippen LogP contribution in [0, 0.1) is 6.92 Å². The smallest absolute Gasteiger partial charge is 0.349 e. The number of hydrogen-bond acceptors (Lipinski definition) is 8. The summed E-state index contributed by atoms with van der Waals surface area (Å²) in [6, 6.07) is 8.54. The van der Waals surface area contributed by atoms with Crippen molar-refractivity contribution in [1.82, 2.24) is 15.3 Å². The molecule has 0 saturated heterocycles. The third kappa shape index (κ3) is 4.81. The topological polar surface area (TPSA) is 118 Å². The van der Waals surface area contributed by atoms with Crippen molar-refractivity contribution in [3.63, 3.8) is 0 Å². The van der Waals surface area contributed by atoms with Crippen LogP contribution in [0.4, 0.5) is 11.8 Å². The van der Waals surface area contributed by atoms with Gasteiger partial charge in [-0.15, -0.1) is 0 Å². The number of para-hydroxylation sites is 1. The number of aromatic nitrogens is 2. The number of aryl methyl sites for hydroxylation is 1. The summed E-state index contributed by atoms with van der Waals surface area (Å²) in [6.07, 6.45) is 0. The Morgan fingerprint density at radius 3 is 2.76 bits per heavy atom. The molecule has 0 spiro atoms. The molecule has 0 unspecified atom stereocenters. The van der Waals surface area contributed by atoms with Crippen LogP contribution >= 0.6 is 0 Å². The van der Waals surface area contributed by atoms with Gasteiger partial charge in [0.05, 0.1) is 7.11 Å². The minimum Gasteiger partial charge on any atom is -0.493 e. The van der Waals surface area contributed by atoms with Crippen LogP contribution in [0.3, 0.4) is 0 Å². The third-order valence-corrected chi connectivity index (χ3v) is 4.09. The van der Waals surface area contributed by atoms with Gasteiger partial charge < -0.3 is 25.1 Å². The summed E-state index contributed by atoms with van der Waals surface area (Å²) >= 11 is 0. The highest BCUT2D eigenvalue weighted by atomic mass is 16.5. The van der Waals surface area contributed by atoms with Gasteiger partial charge >= 0.3 is 5.63 Å². The molecule has 9 heteroatoms. The van der Waals surface area contributed by atoms with E-state index in [0.717, 1.165) is 18.1 Å². The van der Waals surface area contributed by atoms with E-state index in [1.165, 1.54) is 13.2 Å². The number of benzene rings is 1. The second kappa shape index (κ2) is 9.05. The Kier molecular flexibility index (Phi) is 6.28. The van der Waals surface area contributed by atoms with Crippen molar-refractivity contribution in [2.24, 2.45) is 0 Å². The monoisotopic (exact) mass is 397 g/mol. The van der Waals surface area contributed by atoms with Crippen LogP contribution in [-0.4, -0.2) is 42.6 Å². The normalized spacial score (nSPS) is 10.6. The molecule has 1 aromatic carbocycles. The van der Waals surface area contributed by atoms with Crippen LogP contribution in [0.2, 0.25) is 0 Å². The second-order valence-corrected chi connectivity index (χ2v) is 6.26. The Balaban J connectivity index is 1.63. The lowest BCUT2D eigenvalue weighted by Gasteiger charge is -2.10. The zero-order valence-corrected chi connectivity index (χ0v) is 16.5. The number of ether oxygens (including phenoxy) is 1. The van der Waals surface area contributed by atoms with Gasteiger partial charge in [0, 0.05) is 36.8 Å². The van der Waals surface area contributed by atoms with E-state index in [1.54, 1.807) is 18.2 Å². The number of methoxy groups -OCH3 is 1. The lowest BCUT2D eigenvalue weighted by molar-refractivity contribution is 0.0951. The number of anilines is 2. The third-order valence-electron chi connectivity index (χ3n) is 4.09. The first-order valence-corrected chi connectivity index (χ1v) is 9.24. The van der Waals surface area contributed by atoms with Crippen molar-refractivity contribution >= 4 is 28.6 Å². The minimum atomic E-state index is -0.718. The number of nitrogens with zero attached hydrogens (tertiary/aromatic N) is 2. The lowest BCUT2D eigenvalue weighted by atomic mass is 10.1. The van der Waals surface area contributed by atoms with Crippen molar-refractivity contribution in [2.75, 3.05) is 37.4 Å². The molecule has 0 aliphatic rings. The highest BCUT2D eigenvalue weighted by molar-refractivity contribution is 5.97. The van der Waals surface area contributed by atoms with Crippen LogP contribution in [0.5, 0.6) is 5.75 Å². The molecule has 2 aromatic heterocycles. The summed E-state index contributed by atoms with van der Waals surface area (Å²) in [6.45, 7) is 5.30. The summed E-state index contributed by atoms with van der Waals surface area (Å²) in [5.74, 6) is 1.12. The maximum absolute atomic E-state index is 12.4. The molecule has 0 atom stereocenters. The van der Waals surface area contributed by atoms with Gasteiger partial charge in [-0.05, 0) is 26.0 Å². The number of carbonyl (C=O) groups is 1. The number of carbonyl (C=O) groups excluding carboxylic acids is 1. The summed E-state index contributed by atoms with van der Waals surface area (Å²) in [4.78, 5) is 33.2. The molecule has 2 heterocycles. The van der Waals surface area contributed by atoms with E-state index >= 15 is 0 Å². The molecule has 0 radical (unpaired) electrons. The lowest BCUT2D eigenvalue weighted by Crippen LogP contribution is -2.32. The molecule has 29 heavy (non-hydrogen) atoms. The Hall–Kier alpha value is -3.62. The highest BCUT2D eigenvalue weighted by Crippen LogP contribution is 2.24. The van der Waals surface area contributed by atoms with E-state index in [-0.39, 0.29) is 12.1 Å². The first kappa shape index (κ1) is 20.1. The van der Waals surface area contributed by atoms with E-state index in [4.69, 9.17) is 9.15 Å². The van der Waals surface area contributed by atoms with Gasteiger partial charge in [-0.2, -0.15) is 4.98 Å². The van der Waals surface area contributed by atoms with Crippen LogP contribution in [0.15, 0.2) is 39.5 Å².